The van der Waals surface area contributed by atoms with Crippen molar-refractivity contribution in [1.29, 1.82) is 0 Å². The van der Waals surface area contributed by atoms with Gasteiger partial charge in [0.25, 0.3) is 5.56 Å². The van der Waals surface area contributed by atoms with E-state index in [0.29, 0.717) is 21.7 Å². The summed E-state index contributed by atoms with van der Waals surface area (Å²) in [5.41, 5.74) is 4.05. The van der Waals surface area contributed by atoms with Crippen molar-refractivity contribution in [2.24, 2.45) is 0 Å². The van der Waals surface area contributed by atoms with Crippen LogP contribution in [0.3, 0.4) is 0 Å². The molecule has 0 saturated carbocycles. The van der Waals surface area contributed by atoms with Gasteiger partial charge in [-0.1, -0.05) is 6.07 Å². The molecule has 0 fully saturated rings. The summed E-state index contributed by atoms with van der Waals surface area (Å²) in [4.78, 5) is 24.2. The van der Waals surface area contributed by atoms with Gasteiger partial charge in [0, 0.05) is 23.7 Å². The minimum Gasteiger partial charge on any atom is -0.304 e. The van der Waals surface area contributed by atoms with E-state index >= 15 is 0 Å². The Morgan fingerprint density at radius 3 is 2.96 bits per heavy atom. The predicted octanol–water partition coefficient (Wildman–Crippen LogP) is 3.24. The quantitative estimate of drug-likeness (QED) is 0.622. The molecular weight excluding hydrogens is 322 g/mol. The smallest absolute Gasteiger partial charge is 0.269 e. The van der Waals surface area contributed by atoms with Crippen LogP contribution in [0.25, 0.3) is 33.0 Å². The number of pyridine rings is 1. The average molecular weight is 337 g/mol. The zero-order chi connectivity index (χ0) is 16.7. The third-order valence-corrected chi connectivity index (χ3v) is 4.78. The second-order valence-corrected chi connectivity index (χ2v) is 6.32. The number of fused-ring (bicyclic) bond motifs is 1. The number of nitrogens with zero attached hydrogens (tertiary/aromatic N) is 4. The number of rotatable bonds is 3. The molecule has 120 valence electrons. The summed E-state index contributed by atoms with van der Waals surface area (Å²) < 4.78 is 2.55. The molecule has 4 aromatic heterocycles. The molecule has 0 amide bonds. The second kappa shape index (κ2) is 5.68. The Morgan fingerprint density at radius 1 is 1.33 bits per heavy atom. The lowest BCUT2D eigenvalue weighted by molar-refractivity contribution is 0.661. The highest BCUT2D eigenvalue weighted by Gasteiger charge is 2.17. The van der Waals surface area contributed by atoms with Crippen LogP contribution in [0.1, 0.15) is 12.6 Å². The number of aromatic amines is 1. The van der Waals surface area contributed by atoms with Crippen molar-refractivity contribution in [2.45, 2.75) is 20.4 Å². The molecule has 0 radical (unpaired) electrons. The Morgan fingerprint density at radius 2 is 2.21 bits per heavy atom. The van der Waals surface area contributed by atoms with Gasteiger partial charge in [0.1, 0.15) is 10.4 Å². The molecule has 0 aliphatic rings. The van der Waals surface area contributed by atoms with Gasteiger partial charge in [-0.05, 0) is 32.0 Å². The molecule has 1 N–H and O–H groups in total. The molecule has 0 spiro atoms. The maximum atomic E-state index is 12.4. The van der Waals surface area contributed by atoms with Crippen molar-refractivity contribution in [1.82, 2.24) is 24.7 Å². The first kappa shape index (κ1) is 14.8. The van der Waals surface area contributed by atoms with Crippen LogP contribution in [0.4, 0.5) is 0 Å². The molecule has 0 atom stereocenters. The normalized spacial score (nSPS) is 11.2. The van der Waals surface area contributed by atoms with Crippen LogP contribution in [0, 0.1) is 6.92 Å². The van der Waals surface area contributed by atoms with E-state index in [9.17, 15) is 4.79 Å². The summed E-state index contributed by atoms with van der Waals surface area (Å²) in [6, 6.07) is 7.56. The number of aromatic nitrogens is 5. The fourth-order valence-corrected chi connectivity index (χ4v) is 3.63. The maximum Gasteiger partial charge on any atom is 0.269 e. The molecule has 6 nitrogen and oxygen atoms in total. The standard InChI is InChI=1S/C17H15N5OS/c1-3-22-13(8-10(2)21-22)11-9-24-15-14(11)19-16(20-17(15)23)12-6-4-5-7-18-12/h4-9H,3H2,1-2H3,(H,19,20,23). The first-order chi connectivity index (χ1) is 11.7. The summed E-state index contributed by atoms with van der Waals surface area (Å²) in [5, 5.41) is 6.46. The number of aryl methyl sites for hydroxylation is 2. The van der Waals surface area contributed by atoms with Crippen molar-refractivity contribution >= 4 is 21.6 Å². The zero-order valence-corrected chi connectivity index (χ0v) is 14.1. The number of hydrogen-bond donors (Lipinski definition) is 1. The van der Waals surface area contributed by atoms with Crippen LogP contribution in [0.2, 0.25) is 0 Å². The molecule has 0 unspecified atom stereocenters. The molecular formula is C17H15N5OS. The molecule has 4 heterocycles. The molecule has 0 saturated heterocycles. The largest absolute Gasteiger partial charge is 0.304 e. The molecule has 0 aliphatic carbocycles. The summed E-state index contributed by atoms with van der Waals surface area (Å²) in [5.74, 6) is 0.479. The van der Waals surface area contributed by atoms with E-state index in [1.807, 2.05) is 48.2 Å². The van der Waals surface area contributed by atoms with E-state index < -0.39 is 0 Å². The molecule has 24 heavy (non-hydrogen) atoms. The maximum absolute atomic E-state index is 12.4. The second-order valence-electron chi connectivity index (χ2n) is 5.44. The Balaban J connectivity index is 1.98. The van der Waals surface area contributed by atoms with E-state index in [4.69, 9.17) is 0 Å². The van der Waals surface area contributed by atoms with Crippen LogP contribution < -0.4 is 5.56 Å². The van der Waals surface area contributed by atoms with Crippen molar-refractivity contribution in [3.63, 3.8) is 0 Å². The van der Waals surface area contributed by atoms with E-state index in [1.54, 1.807) is 6.20 Å². The van der Waals surface area contributed by atoms with Crippen LogP contribution in [0.5, 0.6) is 0 Å². The molecule has 4 aromatic rings. The van der Waals surface area contributed by atoms with Gasteiger partial charge in [0.15, 0.2) is 5.82 Å². The molecule has 4 rings (SSSR count). The SMILES string of the molecule is CCn1nc(C)cc1-c1csc2c(=O)[nH]c(-c3ccccn3)nc12. The van der Waals surface area contributed by atoms with Gasteiger partial charge in [-0.3, -0.25) is 14.5 Å². The Labute approximate surface area is 141 Å². The average Bonchev–Trinajstić information content (AvgIpc) is 3.18. The third-order valence-electron chi connectivity index (χ3n) is 3.81. The Bertz CT molecular complexity index is 1080. The van der Waals surface area contributed by atoms with Crippen molar-refractivity contribution in [3.05, 3.63) is 51.9 Å². The number of hydrogen-bond acceptors (Lipinski definition) is 5. The molecule has 0 bridgehead atoms. The van der Waals surface area contributed by atoms with E-state index in [-0.39, 0.29) is 5.56 Å². The third kappa shape index (κ3) is 2.33. The van der Waals surface area contributed by atoms with Gasteiger partial charge in [0.05, 0.1) is 16.9 Å². The zero-order valence-electron chi connectivity index (χ0n) is 13.3. The lowest BCUT2D eigenvalue weighted by Crippen LogP contribution is -2.08. The predicted molar refractivity (Wildman–Crippen MR) is 95.1 cm³/mol. The van der Waals surface area contributed by atoms with Crippen molar-refractivity contribution < 1.29 is 0 Å². The monoisotopic (exact) mass is 337 g/mol. The van der Waals surface area contributed by atoms with E-state index in [2.05, 4.69) is 20.1 Å². The van der Waals surface area contributed by atoms with Crippen LogP contribution in [-0.2, 0) is 6.54 Å². The van der Waals surface area contributed by atoms with Gasteiger partial charge in [-0.15, -0.1) is 11.3 Å². The summed E-state index contributed by atoms with van der Waals surface area (Å²) in [7, 11) is 0. The molecule has 7 heteroatoms. The van der Waals surface area contributed by atoms with E-state index in [1.165, 1.54) is 11.3 Å². The molecule has 0 aliphatic heterocycles. The van der Waals surface area contributed by atoms with Crippen LogP contribution >= 0.6 is 11.3 Å². The topological polar surface area (TPSA) is 76.5 Å². The number of thiophene rings is 1. The van der Waals surface area contributed by atoms with Crippen molar-refractivity contribution in [3.8, 4) is 22.8 Å². The fourth-order valence-electron chi connectivity index (χ4n) is 2.74. The lowest BCUT2D eigenvalue weighted by Gasteiger charge is -2.04. The number of H-pyrrole nitrogens is 1. The van der Waals surface area contributed by atoms with Gasteiger partial charge < -0.3 is 4.98 Å². The highest BCUT2D eigenvalue weighted by atomic mass is 32.1. The van der Waals surface area contributed by atoms with Crippen LogP contribution in [0.15, 0.2) is 40.6 Å². The van der Waals surface area contributed by atoms with Gasteiger partial charge in [-0.2, -0.15) is 5.10 Å². The summed E-state index contributed by atoms with van der Waals surface area (Å²) in [6.45, 7) is 4.77. The van der Waals surface area contributed by atoms with Gasteiger partial charge in [-0.25, -0.2) is 4.98 Å². The lowest BCUT2D eigenvalue weighted by atomic mass is 10.2. The Hall–Kier alpha value is -2.80. The van der Waals surface area contributed by atoms with Crippen molar-refractivity contribution in [2.75, 3.05) is 0 Å². The first-order valence-corrected chi connectivity index (χ1v) is 8.53. The highest BCUT2D eigenvalue weighted by Crippen LogP contribution is 2.32. The van der Waals surface area contributed by atoms with Gasteiger partial charge >= 0.3 is 0 Å². The number of nitrogens with one attached hydrogen (secondary N) is 1. The molecule has 0 aromatic carbocycles. The van der Waals surface area contributed by atoms with Crippen LogP contribution in [-0.4, -0.2) is 24.7 Å². The minimum absolute atomic E-state index is 0.142. The highest BCUT2D eigenvalue weighted by molar-refractivity contribution is 7.17. The fraction of sp³-hybridized carbons (Fsp3) is 0.176. The summed E-state index contributed by atoms with van der Waals surface area (Å²) >= 11 is 1.40. The summed E-state index contributed by atoms with van der Waals surface area (Å²) in [6.07, 6.45) is 1.68. The first-order valence-electron chi connectivity index (χ1n) is 7.65. The minimum atomic E-state index is -0.142. The van der Waals surface area contributed by atoms with Gasteiger partial charge in [0.2, 0.25) is 0 Å². The van der Waals surface area contributed by atoms with E-state index in [0.717, 1.165) is 23.5 Å². The Kier molecular flexibility index (Phi) is 3.50.